The molecular weight excluding hydrogens is 219 g/mol. The standard InChI is InChI=1S/C13H15FN2O/c1-2-3-7-13(9-17)12-10(8-15-16-13)5-4-6-11(12)14/h4-6,8-9,16H,2-3,7H2,1H3. The van der Waals surface area contributed by atoms with Gasteiger partial charge in [0.2, 0.25) is 0 Å². The van der Waals surface area contributed by atoms with Crippen LogP contribution in [0.3, 0.4) is 0 Å². The van der Waals surface area contributed by atoms with Gasteiger partial charge in [-0.1, -0.05) is 31.9 Å². The number of fused-ring (bicyclic) bond motifs is 1. The Hall–Kier alpha value is -1.71. The normalized spacial score (nSPS) is 21.8. The van der Waals surface area contributed by atoms with E-state index >= 15 is 0 Å². The molecule has 1 N–H and O–H groups in total. The lowest BCUT2D eigenvalue weighted by Gasteiger charge is -2.32. The lowest BCUT2D eigenvalue weighted by molar-refractivity contribution is -0.114. The summed E-state index contributed by atoms with van der Waals surface area (Å²) in [5.41, 5.74) is 2.86. The van der Waals surface area contributed by atoms with E-state index in [2.05, 4.69) is 10.5 Å². The van der Waals surface area contributed by atoms with Crippen molar-refractivity contribution in [1.29, 1.82) is 0 Å². The van der Waals surface area contributed by atoms with Gasteiger partial charge in [0.25, 0.3) is 0 Å². The summed E-state index contributed by atoms with van der Waals surface area (Å²) in [5, 5.41) is 3.96. The highest BCUT2D eigenvalue weighted by atomic mass is 19.1. The average molecular weight is 234 g/mol. The van der Waals surface area contributed by atoms with E-state index in [1.165, 1.54) is 6.07 Å². The molecule has 1 unspecified atom stereocenters. The number of aldehydes is 1. The fourth-order valence-corrected chi connectivity index (χ4v) is 2.17. The Bertz CT molecular complexity index is 459. The summed E-state index contributed by atoms with van der Waals surface area (Å²) in [6.45, 7) is 2.03. The maximum Gasteiger partial charge on any atom is 0.151 e. The highest BCUT2D eigenvalue weighted by Crippen LogP contribution is 2.32. The van der Waals surface area contributed by atoms with Crippen LogP contribution in [0.25, 0.3) is 0 Å². The Labute approximate surface area is 99.7 Å². The number of nitrogens with zero attached hydrogens (tertiary/aromatic N) is 1. The van der Waals surface area contributed by atoms with Gasteiger partial charge in [-0.3, -0.25) is 5.43 Å². The second kappa shape index (κ2) is 4.65. The molecule has 1 aromatic carbocycles. The van der Waals surface area contributed by atoms with Crippen molar-refractivity contribution in [3.8, 4) is 0 Å². The average Bonchev–Trinajstić information content (AvgIpc) is 2.36. The molecule has 1 aliphatic heterocycles. The van der Waals surface area contributed by atoms with E-state index in [4.69, 9.17) is 0 Å². The van der Waals surface area contributed by atoms with Crippen LogP contribution >= 0.6 is 0 Å². The maximum atomic E-state index is 13.9. The van der Waals surface area contributed by atoms with E-state index in [0.29, 0.717) is 17.5 Å². The third-order valence-corrected chi connectivity index (χ3v) is 3.09. The second-order valence-corrected chi connectivity index (χ2v) is 4.27. The van der Waals surface area contributed by atoms with E-state index in [-0.39, 0.29) is 5.82 Å². The third kappa shape index (κ3) is 1.95. The Morgan fingerprint density at radius 3 is 3.06 bits per heavy atom. The molecule has 2 rings (SSSR count). The molecule has 4 heteroatoms. The Balaban J connectivity index is 2.50. The van der Waals surface area contributed by atoms with Crippen LogP contribution in [0, 0.1) is 5.82 Å². The number of nitrogens with one attached hydrogen (secondary N) is 1. The van der Waals surface area contributed by atoms with Crippen LogP contribution in [0.2, 0.25) is 0 Å². The van der Waals surface area contributed by atoms with Crippen molar-refractivity contribution >= 4 is 12.5 Å². The first kappa shape index (κ1) is 11.8. The number of carbonyl (C=O) groups excluding carboxylic acids is 1. The molecule has 0 amide bonds. The number of unbranched alkanes of at least 4 members (excludes halogenated alkanes) is 1. The van der Waals surface area contributed by atoms with Crippen molar-refractivity contribution in [2.45, 2.75) is 31.7 Å². The van der Waals surface area contributed by atoms with E-state index < -0.39 is 5.54 Å². The quantitative estimate of drug-likeness (QED) is 0.812. The molecule has 3 nitrogen and oxygen atoms in total. The van der Waals surface area contributed by atoms with E-state index in [9.17, 15) is 9.18 Å². The van der Waals surface area contributed by atoms with Gasteiger partial charge in [0, 0.05) is 11.1 Å². The highest BCUT2D eigenvalue weighted by Gasteiger charge is 2.37. The minimum absolute atomic E-state index is 0.357. The van der Waals surface area contributed by atoms with Gasteiger partial charge in [-0.15, -0.1) is 0 Å². The SMILES string of the molecule is CCCCC1(C=O)NN=Cc2cccc(F)c21. The van der Waals surface area contributed by atoms with E-state index in [1.54, 1.807) is 18.3 Å². The molecule has 0 aliphatic carbocycles. The lowest BCUT2D eigenvalue weighted by atomic mass is 9.83. The fraction of sp³-hybridized carbons (Fsp3) is 0.385. The highest BCUT2D eigenvalue weighted by molar-refractivity contribution is 5.87. The maximum absolute atomic E-state index is 13.9. The minimum Gasteiger partial charge on any atom is -0.300 e. The molecule has 90 valence electrons. The fourth-order valence-electron chi connectivity index (χ4n) is 2.17. The smallest absolute Gasteiger partial charge is 0.151 e. The summed E-state index contributed by atoms with van der Waals surface area (Å²) in [6, 6.07) is 4.78. The first-order valence-corrected chi connectivity index (χ1v) is 5.79. The number of benzene rings is 1. The number of hydrazone groups is 1. The molecule has 1 heterocycles. The Morgan fingerprint density at radius 1 is 1.53 bits per heavy atom. The van der Waals surface area contributed by atoms with Gasteiger partial charge in [-0.2, -0.15) is 5.10 Å². The van der Waals surface area contributed by atoms with E-state index in [1.807, 2.05) is 6.92 Å². The number of carbonyl (C=O) groups is 1. The first-order chi connectivity index (χ1) is 8.23. The molecular formula is C13H15FN2O. The van der Waals surface area contributed by atoms with Crippen LogP contribution in [-0.4, -0.2) is 12.5 Å². The summed E-state index contributed by atoms with van der Waals surface area (Å²) in [4.78, 5) is 11.4. The molecule has 0 fully saturated rings. The second-order valence-electron chi connectivity index (χ2n) is 4.27. The molecule has 0 spiro atoms. The van der Waals surface area contributed by atoms with Gasteiger partial charge >= 0.3 is 0 Å². The largest absolute Gasteiger partial charge is 0.300 e. The van der Waals surface area contributed by atoms with E-state index in [0.717, 1.165) is 19.1 Å². The molecule has 0 saturated carbocycles. The lowest BCUT2D eigenvalue weighted by Crippen LogP contribution is -2.44. The zero-order valence-corrected chi connectivity index (χ0v) is 9.74. The van der Waals surface area contributed by atoms with Crippen molar-refractivity contribution in [2.75, 3.05) is 0 Å². The van der Waals surface area contributed by atoms with Crippen LogP contribution in [0.4, 0.5) is 4.39 Å². The summed E-state index contributed by atoms with van der Waals surface area (Å²) >= 11 is 0. The minimum atomic E-state index is -1.01. The first-order valence-electron chi connectivity index (χ1n) is 5.79. The molecule has 1 aromatic rings. The van der Waals surface area contributed by atoms with Crippen molar-refractivity contribution in [3.05, 3.63) is 35.1 Å². The Morgan fingerprint density at radius 2 is 2.35 bits per heavy atom. The molecule has 17 heavy (non-hydrogen) atoms. The zero-order chi connectivity index (χ0) is 12.3. The van der Waals surface area contributed by atoms with Crippen LogP contribution in [-0.2, 0) is 10.3 Å². The van der Waals surface area contributed by atoms with Gasteiger partial charge in [-0.05, 0) is 12.5 Å². The summed E-state index contributed by atoms with van der Waals surface area (Å²) in [7, 11) is 0. The molecule has 0 aromatic heterocycles. The monoisotopic (exact) mass is 234 g/mol. The molecule has 1 aliphatic rings. The number of rotatable bonds is 4. The van der Waals surface area contributed by atoms with Crippen molar-refractivity contribution in [3.63, 3.8) is 0 Å². The van der Waals surface area contributed by atoms with Crippen LogP contribution < -0.4 is 5.43 Å². The predicted molar refractivity (Wildman–Crippen MR) is 64.4 cm³/mol. The number of halogens is 1. The third-order valence-electron chi connectivity index (χ3n) is 3.09. The number of hydrogen-bond donors (Lipinski definition) is 1. The molecule has 0 bridgehead atoms. The van der Waals surface area contributed by atoms with Crippen molar-refractivity contribution in [2.24, 2.45) is 5.10 Å². The Kier molecular flexibility index (Phi) is 3.22. The van der Waals surface area contributed by atoms with Gasteiger partial charge in [-0.25, -0.2) is 4.39 Å². The van der Waals surface area contributed by atoms with Crippen LogP contribution in [0.1, 0.15) is 37.3 Å². The van der Waals surface area contributed by atoms with Crippen molar-refractivity contribution < 1.29 is 9.18 Å². The van der Waals surface area contributed by atoms with Crippen molar-refractivity contribution in [1.82, 2.24) is 5.43 Å². The number of hydrogen-bond acceptors (Lipinski definition) is 3. The van der Waals surface area contributed by atoms with Crippen LogP contribution in [0.5, 0.6) is 0 Å². The van der Waals surface area contributed by atoms with Gasteiger partial charge in [0.15, 0.2) is 6.29 Å². The summed E-state index contributed by atoms with van der Waals surface area (Å²) in [6.07, 6.45) is 4.66. The zero-order valence-electron chi connectivity index (χ0n) is 9.74. The molecule has 1 atom stereocenters. The summed E-state index contributed by atoms with van der Waals surface area (Å²) < 4.78 is 13.9. The molecule has 0 radical (unpaired) electrons. The van der Waals surface area contributed by atoms with Gasteiger partial charge in [0.1, 0.15) is 11.4 Å². The predicted octanol–water partition coefficient (Wildman–Crippen LogP) is 2.35. The topological polar surface area (TPSA) is 41.5 Å². The summed E-state index contributed by atoms with van der Waals surface area (Å²) in [5.74, 6) is -0.357. The molecule has 0 saturated heterocycles. The van der Waals surface area contributed by atoms with Gasteiger partial charge < -0.3 is 4.79 Å². The van der Waals surface area contributed by atoms with Crippen LogP contribution in [0.15, 0.2) is 23.3 Å². The van der Waals surface area contributed by atoms with Gasteiger partial charge in [0.05, 0.1) is 6.21 Å².